The molecule has 0 aromatic heterocycles. The smallest absolute Gasteiger partial charge is 0.310 e. The minimum absolute atomic E-state index is 0.0325. The molecule has 0 heterocycles. The molecule has 0 aliphatic heterocycles. The van der Waals surface area contributed by atoms with Gasteiger partial charge in [0.2, 0.25) is 0 Å². The summed E-state index contributed by atoms with van der Waals surface area (Å²) in [5.41, 5.74) is 2.58. The molecule has 0 amide bonds. The van der Waals surface area contributed by atoms with Crippen molar-refractivity contribution >= 4 is 5.97 Å². The Morgan fingerprint density at radius 3 is 1.96 bits per heavy atom. The van der Waals surface area contributed by atoms with Crippen LogP contribution in [-0.4, -0.2) is 24.0 Å². The number of hydrogen-bond donors (Lipinski definition) is 0. The van der Waals surface area contributed by atoms with Gasteiger partial charge in [-0.1, -0.05) is 79.9 Å². The lowest BCUT2D eigenvalue weighted by Gasteiger charge is -2.35. The van der Waals surface area contributed by atoms with Crippen LogP contribution in [0.4, 0.5) is 0 Å². The Morgan fingerprint density at radius 1 is 0.885 bits per heavy atom. The maximum Gasteiger partial charge on any atom is 0.310 e. The first-order valence-electron chi connectivity index (χ1n) is 9.67. The summed E-state index contributed by atoms with van der Waals surface area (Å²) in [7, 11) is 1.52. The minimum atomic E-state index is -0.0528. The SMILES string of the molecule is COC(=O)C1CCCCCC1N(Cc1ccccc1)Cc1ccccc1. The second kappa shape index (κ2) is 9.54. The van der Waals surface area contributed by atoms with Gasteiger partial charge in [-0.3, -0.25) is 9.69 Å². The van der Waals surface area contributed by atoms with Crippen molar-refractivity contribution < 1.29 is 9.53 Å². The number of esters is 1. The molecule has 2 unspecified atom stereocenters. The number of hydrogen-bond acceptors (Lipinski definition) is 3. The maximum absolute atomic E-state index is 12.5. The number of carbonyl (C=O) groups is 1. The molecule has 0 N–H and O–H groups in total. The molecular weight excluding hydrogens is 322 g/mol. The van der Waals surface area contributed by atoms with Crippen molar-refractivity contribution in [2.75, 3.05) is 7.11 Å². The van der Waals surface area contributed by atoms with Gasteiger partial charge in [0.15, 0.2) is 0 Å². The predicted octanol–water partition coefficient (Wildman–Crippen LogP) is 4.81. The van der Waals surface area contributed by atoms with Crippen LogP contribution in [0.15, 0.2) is 60.7 Å². The van der Waals surface area contributed by atoms with E-state index in [2.05, 4.69) is 53.4 Å². The molecular formula is C23H29NO2. The van der Waals surface area contributed by atoms with Gasteiger partial charge in [-0.2, -0.15) is 0 Å². The highest BCUT2D eigenvalue weighted by Gasteiger charge is 2.34. The van der Waals surface area contributed by atoms with Crippen molar-refractivity contribution in [2.24, 2.45) is 5.92 Å². The Kier molecular flexibility index (Phi) is 6.84. The highest BCUT2D eigenvalue weighted by atomic mass is 16.5. The normalized spacial score (nSPS) is 20.5. The lowest BCUT2D eigenvalue weighted by molar-refractivity contribution is -0.148. The highest BCUT2D eigenvalue weighted by Crippen LogP contribution is 2.30. The highest BCUT2D eigenvalue weighted by molar-refractivity contribution is 5.73. The van der Waals surface area contributed by atoms with Gasteiger partial charge in [0, 0.05) is 19.1 Å². The van der Waals surface area contributed by atoms with Crippen LogP contribution in [0.25, 0.3) is 0 Å². The van der Waals surface area contributed by atoms with Gasteiger partial charge in [0.05, 0.1) is 13.0 Å². The predicted molar refractivity (Wildman–Crippen MR) is 105 cm³/mol. The standard InChI is InChI=1S/C23H29NO2/c1-26-23(25)21-15-9-4-10-16-22(21)24(17-19-11-5-2-6-12-19)18-20-13-7-3-8-14-20/h2-3,5-8,11-14,21-22H,4,9-10,15-18H2,1H3. The largest absolute Gasteiger partial charge is 0.469 e. The van der Waals surface area contributed by atoms with Gasteiger partial charge in [-0.15, -0.1) is 0 Å². The van der Waals surface area contributed by atoms with E-state index in [1.165, 1.54) is 31.1 Å². The molecule has 138 valence electrons. The van der Waals surface area contributed by atoms with Crippen LogP contribution in [-0.2, 0) is 22.6 Å². The van der Waals surface area contributed by atoms with Crippen molar-refractivity contribution in [2.45, 2.75) is 51.2 Å². The Balaban J connectivity index is 1.87. The van der Waals surface area contributed by atoms with Gasteiger partial charge in [-0.05, 0) is 24.0 Å². The number of carbonyl (C=O) groups excluding carboxylic acids is 1. The monoisotopic (exact) mass is 351 g/mol. The zero-order valence-corrected chi connectivity index (χ0v) is 15.6. The summed E-state index contributed by atoms with van der Waals surface area (Å²) >= 11 is 0. The molecule has 0 bridgehead atoms. The molecule has 3 nitrogen and oxygen atoms in total. The summed E-state index contributed by atoms with van der Waals surface area (Å²) in [6.45, 7) is 1.71. The zero-order chi connectivity index (χ0) is 18.2. The second-order valence-electron chi connectivity index (χ2n) is 7.21. The Hall–Kier alpha value is -2.13. The van der Waals surface area contributed by atoms with E-state index in [0.29, 0.717) is 0 Å². The molecule has 2 aromatic carbocycles. The second-order valence-corrected chi connectivity index (χ2v) is 7.21. The molecule has 1 fully saturated rings. The molecule has 0 saturated heterocycles. The molecule has 1 aliphatic carbocycles. The van der Waals surface area contributed by atoms with E-state index in [1.807, 2.05) is 12.1 Å². The fourth-order valence-electron chi connectivity index (χ4n) is 4.08. The van der Waals surface area contributed by atoms with Gasteiger partial charge >= 0.3 is 5.97 Å². The van der Waals surface area contributed by atoms with E-state index in [0.717, 1.165) is 32.4 Å². The first kappa shape index (κ1) is 18.7. The summed E-state index contributed by atoms with van der Waals surface area (Å²) in [5, 5.41) is 0. The van der Waals surface area contributed by atoms with Crippen LogP contribution in [0, 0.1) is 5.92 Å². The van der Waals surface area contributed by atoms with Crippen molar-refractivity contribution in [3.05, 3.63) is 71.8 Å². The molecule has 3 rings (SSSR count). The van der Waals surface area contributed by atoms with Crippen LogP contribution < -0.4 is 0 Å². The molecule has 2 atom stereocenters. The van der Waals surface area contributed by atoms with E-state index in [1.54, 1.807) is 0 Å². The fourth-order valence-corrected chi connectivity index (χ4v) is 4.08. The molecule has 2 aromatic rings. The quantitative estimate of drug-likeness (QED) is 0.552. The summed E-state index contributed by atoms with van der Waals surface area (Å²) in [4.78, 5) is 15.0. The third-order valence-electron chi connectivity index (χ3n) is 5.41. The lowest BCUT2D eigenvalue weighted by Crippen LogP contribution is -2.42. The van der Waals surface area contributed by atoms with E-state index < -0.39 is 0 Å². The van der Waals surface area contributed by atoms with Gasteiger partial charge < -0.3 is 4.74 Å². The van der Waals surface area contributed by atoms with Crippen molar-refractivity contribution in [3.63, 3.8) is 0 Å². The van der Waals surface area contributed by atoms with Crippen molar-refractivity contribution in [1.29, 1.82) is 0 Å². The third kappa shape index (κ3) is 4.95. The summed E-state index contributed by atoms with van der Waals surface area (Å²) in [6, 6.07) is 21.3. The molecule has 0 radical (unpaired) electrons. The van der Waals surface area contributed by atoms with E-state index >= 15 is 0 Å². The van der Waals surface area contributed by atoms with Crippen LogP contribution in [0.5, 0.6) is 0 Å². The molecule has 1 aliphatic rings. The molecule has 3 heteroatoms. The van der Waals surface area contributed by atoms with E-state index in [9.17, 15) is 4.79 Å². The van der Waals surface area contributed by atoms with Crippen LogP contribution in [0.1, 0.15) is 43.2 Å². The van der Waals surface area contributed by atoms with E-state index in [-0.39, 0.29) is 17.9 Å². The zero-order valence-electron chi connectivity index (χ0n) is 15.6. The minimum Gasteiger partial charge on any atom is -0.469 e. The van der Waals surface area contributed by atoms with Crippen LogP contribution >= 0.6 is 0 Å². The van der Waals surface area contributed by atoms with Crippen molar-refractivity contribution in [1.82, 2.24) is 4.90 Å². The number of benzene rings is 2. The van der Waals surface area contributed by atoms with Crippen LogP contribution in [0.3, 0.4) is 0 Å². The first-order valence-corrected chi connectivity index (χ1v) is 9.67. The van der Waals surface area contributed by atoms with Gasteiger partial charge in [-0.25, -0.2) is 0 Å². The summed E-state index contributed by atoms with van der Waals surface area (Å²) in [5.74, 6) is -0.0852. The lowest BCUT2D eigenvalue weighted by atomic mass is 9.92. The van der Waals surface area contributed by atoms with Crippen molar-refractivity contribution in [3.8, 4) is 0 Å². The average molecular weight is 351 g/mol. The topological polar surface area (TPSA) is 29.5 Å². The first-order chi connectivity index (χ1) is 12.8. The fraction of sp³-hybridized carbons (Fsp3) is 0.435. The number of methoxy groups -OCH3 is 1. The molecule has 1 saturated carbocycles. The van der Waals surface area contributed by atoms with Gasteiger partial charge in [0.1, 0.15) is 0 Å². The number of rotatable bonds is 6. The van der Waals surface area contributed by atoms with Crippen LogP contribution in [0.2, 0.25) is 0 Å². The molecule has 26 heavy (non-hydrogen) atoms. The molecule has 0 spiro atoms. The Bertz CT molecular complexity index is 630. The van der Waals surface area contributed by atoms with Gasteiger partial charge in [0.25, 0.3) is 0 Å². The average Bonchev–Trinajstić information content (AvgIpc) is 2.94. The Morgan fingerprint density at radius 2 is 1.42 bits per heavy atom. The maximum atomic E-state index is 12.5. The Labute approximate surface area is 157 Å². The van der Waals surface area contributed by atoms with E-state index in [4.69, 9.17) is 4.74 Å². The third-order valence-corrected chi connectivity index (χ3v) is 5.41. The number of nitrogens with zero attached hydrogens (tertiary/aromatic N) is 1. The summed E-state index contributed by atoms with van der Waals surface area (Å²) in [6.07, 6.45) is 5.48. The summed E-state index contributed by atoms with van der Waals surface area (Å²) < 4.78 is 5.16. The number of ether oxygens (including phenoxy) is 1.